The summed E-state index contributed by atoms with van der Waals surface area (Å²) in [5.41, 5.74) is 2.65. The number of rotatable bonds is 5. The maximum atomic E-state index is 15.3. The van der Waals surface area contributed by atoms with Gasteiger partial charge in [0, 0.05) is 24.6 Å². The molecule has 1 saturated heterocycles. The molecule has 9 heteroatoms. The van der Waals surface area contributed by atoms with E-state index in [1.54, 1.807) is 49.9 Å². The molecular weight excluding hydrogens is 523 g/mol. The maximum absolute atomic E-state index is 15.3. The van der Waals surface area contributed by atoms with Crippen LogP contribution in [0.3, 0.4) is 0 Å². The van der Waals surface area contributed by atoms with E-state index in [0.717, 1.165) is 17.5 Å². The molecule has 2 heterocycles. The average Bonchev–Trinajstić information content (AvgIpc) is 3.26. The Morgan fingerprint density at radius 3 is 2.63 bits per heavy atom. The van der Waals surface area contributed by atoms with E-state index in [1.807, 2.05) is 6.07 Å². The first-order valence-corrected chi connectivity index (χ1v) is 14.4. The minimum Gasteiger partial charge on any atom is -0.444 e. The van der Waals surface area contributed by atoms with Gasteiger partial charge in [-0.25, -0.2) is 9.18 Å². The molecule has 214 valence electrons. The van der Waals surface area contributed by atoms with Crippen molar-refractivity contribution in [1.82, 2.24) is 15.5 Å². The second-order valence-electron chi connectivity index (χ2n) is 12.9. The van der Waals surface area contributed by atoms with Crippen molar-refractivity contribution in [2.24, 2.45) is 23.7 Å². The number of piperidine rings is 1. The van der Waals surface area contributed by atoms with Crippen LogP contribution in [0.5, 0.6) is 0 Å². The molecule has 3 amide bonds. The van der Waals surface area contributed by atoms with E-state index in [9.17, 15) is 19.6 Å². The van der Waals surface area contributed by atoms with Gasteiger partial charge in [0.1, 0.15) is 23.5 Å². The number of nitrogens with one attached hydrogen (secondary N) is 2. The highest BCUT2D eigenvalue weighted by Crippen LogP contribution is 2.67. The molecule has 0 spiro atoms. The van der Waals surface area contributed by atoms with Gasteiger partial charge in [0.05, 0.1) is 6.07 Å². The molecule has 0 radical (unpaired) electrons. The maximum Gasteiger partial charge on any atom is 0.411 e. The number of halogens is 1. The minimum atomic E-state index is -0.961. The van der Waals surface area contributed by atoms with Crippen molar-refractivity contribution in [3.8, 4) is 17.2 Å². The first-order chi connectivity index (χ1) is 19.5. The van der Waals surface area contributed by atoms with Gasteiger partial charge < -0.3 is 15.4 Å². The molecule has 41 heavy (non-hydrogen) atoms. The summed E-state index contributed by atoms with van der Waals surface area (Å²) in [5.74, 6) is 0.315. The zero-order chi connectivity index (χ0) is 29.2. The molecule has 2 aromatic rings. The molecule has 6 rings (SSSR count). The van der Waals surface area contributed by atoms with Gasteiger partial charge in [-0.15, -0.1) is 0 Å². The Labute approximate surface area is 239 Å². The van der Waals surface area contributed by atoms with Gasteiger partial charge in [-0.3, -0.25) is 14.5 Å². The Morgan fingerprint density at radius 1 is 1.20 bits per heavy atom. The van der Waals surface area contributed by atoms with E-state index in [1.165, 1.54) is 6.07 Å². The standard InChI is InChI=1S/C32H35FN4O4/c1-16-26-23-14-25(27(16)26)37(31(40)41-32(2,3)4)28(23)30(39)36-21(15-34)12-20-6-5-18(13-24(20)33)17-7-8-22-19(11-17)9-10-35-29(22)38/h5-8,11,13,16,21,23,25-28H,9-10,12,14H2,1-4H3,(H,35,38)(H,36,39)/t16?,21?,23-,25+,26?,27?,28+/m1/s1. The number of carbonyl (C=O) groups is 3. The molecular formula is C32H35FN4O4. The lowest BCUT2D eigenvalue weighted by Crippen LogP contribution is -2.56. The van der Waals surface area contributed by atoms with Gasteiger partial charge in [-0.05, 0) is 91.7 Å². The summed E-state index contributed by atoms with van der Waals surface area (Å²) in [5, 5.41) is 15.5. The molecule has 2 aromatic carbocycles. The van der Waals surface area contributed by atoms with Crippen LogP contribution in [0, 0.1) is 40.8 Å². The van der Waals surface area contributed by atoms with E-state index < -0.39 is 29.6 Å². The summed E-state index contributed by atoms with van der Waals surface area (Å²) < 4.78 is 20.9. The van der Waals surface area contributed by atoms with E-state index in [0.29, 0.717) is 47.4 Å². The van der Waals surface area contributed by atoms with Crippen LogP contribution in [-0.2, 0) is 22.4 Å². The van der Waals surface area contributed by atoms with Crippen molar-refractivity contribution in [3.05, 3.63) is 58.9 Å². The zero-order valence-electron chi connectivity index (χ0n) is 23.7. The third-order valence-electron chi connectivity index (χ3n) is 9.22. The number of hydrogen-bond donors (Lipinski definition) is 2. The fraction of sp³-hybridized carbons (Fsp3) is 0.500. The van der Waals surface area contributed by atoms with Crippen molar-refractivity contribution >= 4 is 17.9 Å². The van der Waals surface area contributed by atoms with Crippen molar-refractivity contribution in [1.29, 1.82) is 5.26 Å². The van der Waals surface area contributed by atoms with Crippen LogP contribution in [0.1, 0.15) is 55.6 Å². The Balaban J connectivity index is 1.16. The van der Waals surface area contributed by atoms with E-state index in [-0.39, 0.29) is 30.2 Å². The molecule has 2 aliphatic heterocycles. The largest absolute Gasteiger partial charge is 0.444 e. The lowest BCUT2D eigenvalue weighted by Gasteiger charge is -2.35. The molecule has 7 atom stereocenters. The smallest absolute Gasteiger partial charge is 0.411 e. The van der Waals surface area contributed by atoms with Crippen molar-refractivity contribution in [2.75, 3.05) is 6.54 Å². The van der Waals surface area contributed by atoms with Gasteiger partial charge in [0.25, 0.3) is 5.91 Å². The van der Waals surface area contributed by atoms with E-state index in [4.69, 9.17) is 4.74 Å². The number of amides is 3. The van der Waals surface area contributed by atoms with Crippen LogP contribution >= 0.6 is 0 Å². The SMILES string of the molecule is CC1C2C1[C@@H]1C[C@H]2[C@@H](C(=O)NC(C#N)Cc2ccc(-c3ccc4c(c3)CCNC4=O)cc2F)N1C(=O)OC(C)(C)C. The summed E-state index contributed by atoms with van der Waals surface area (Å²) in [4.78, 5) is 40.4. The van der Waals surface area contributed by atoms with Crippen LogP contribution in [-0.4, -0.2) is 53.1 Å². The predicted molar refractivity (Wildman–Crippen MR) is 149 cm³/mol. The number of hydrogen-bond acceptors (Lipinski definition) is 5. The summed E-state index contributed by atoms with van der Waals surface area (Å²) in [6, 6.07) is 10.7. The quantitative estimate of drug-likeness (QED) is 0.571. The minimum absolute atomic E-state index is 0.00553. The zero-order valence-corrected chi connectivity index (χ0v) is 23.7. The van der Waals surface area contributed by atoms with Crippen LogP contribution < -0.4 is 10.6 Å². The van der Waals surface area contributed by atoms with Crippen LogP contribution in [0.4, 0.5) is 9.18 Å². The fourth-order valence-electron chi connectivity index (χ4n) is 7.44. The number of nitrogens with zero attached hydrogens (tertiary/aromatic N) is 2. The average molecular weight is 559 g/mol. The Hall–Kier alpha value is -3.93. The topological polar surface area (TPSA) is 112 Å². The molecule has 4 unspecified atom stereocenters. The van der Waals surface area contributed by atoms with Crippen LogP contribution in [0.25, 0.3) is 11.1 Å². The van der Waals surface area contributed by atoms with Gasteiger partial charge in [0.15, 0.2) is 0 Å². The molecule has 8 nitrogen and oxygen atoms in total. The third kappa shape index (κ3) is 4.83. The first-order valence-electron chi connectivity index (χ1n) is 14.4. The van der Waals surface area contributed by atoms with Crippen LogP contribution in [0.15, 0.2) is 36.4 Å². The van der Waals surface area contributed by atoms with Crippen molar-refractivity contribution in [3.63, 3.8) is 0 Å². The number of ether oxygens (including phenoxy) is 1. The summed E-state index contributed by atoms with van der Waals surface area (Å²) in [6.07, 6.45) is 0.972. The summed E-state index contributed by atoms with van der Waals surface area (Å²) in [7, 11) is 0. The Bertz CT molecular complexity index is 1480. The highest BCUT2D eigenvalue weighted by Gasteiger charge is 2.71. The third-order valence-corrected chi connectivity index (χ3v) is 9.22. The number of nitriles is 1. The molecule has 3 fully saturated rings. The normalized spacial score (nSPS) is 28.2. The van der Waals surface area contributed by atoms with Crippen LogP contribution in [0.2, 0.25) is 0 Å². The highest BCUT2D eigenvalue weighted by molar-refractivity contribution is 5.97. The van der Waals surface area contributed by atoms with Gasteiger partial charge in [-0.2, -0.15) is 5.26 Å². The first kappa shape index (κ1) is 27.3. The molecule has 2 bridgehead atoms. The number of carbonyl (C=O) groups excluding carboxylic acids is 3. The molecule has 2 N–H and O–H groups in total. The summed E-state index contributed by atoms with van der Waals surface area (Å²) >= 11 is 0. The molecule has 2 aliphatic carbocycles. The Kier molecular flexibility index (Phi) is 6.55. The molecule has 2 saturated carbocycles. The van der Waals surface area contributed by atoms with Gasteiger partial charge in [-0.1, -0.05) is 31.2 Å². The molecule has 4 aliphatic rings. The monoisotopic (exact) mass is 558 g/mol. The second-order valence-corrected chi connectivity index (χ2v) is 12.9. The predicted octanol–water partition coefficient (Wildman–Crippen LogP) is 4.22. The second kappa shape index (κ2) is 9.86. The van der Waals surface area contributed by atoms with E-state index in [2.05, 4.69) is 23.6 Å². The van der Waals surface area contributed by atoms with Crippen molar-refractivity contribution < 1.29 is 23.5 Å². The van der Waals surface area contributed by atoms with Gasteiger partial charge >= 0.3 is 6.09 Å². The lowest BCUT2D eigenvalue weighted by atomic mass is 9.93. The fourth-order valence-corrected chi connectivity index (χ4v) is 7.44. The number of likely N-dealkylation sites (tertiary alicyclic amines) is 1. The highest BCUT2D eigenvalue weighted by atomic mass is 19.1. The van der Waals surface area contributed by atoms with Crippen molar-refractivity contribution in [2.45, 2.75) is 70.7 Å². The molecule has 0 aromatic heterocycles. The van der Waals surface area contributed by atoms with Gasteiger partial charge in [0.2, 0.25) is 5.91 Å². The Morgan fingerprint density at radius 2 is 1.93 bits per heavy atom. The lowest BCUT2D eigenvalue weighted by molar-refractivity contribution is -0.128. The summed E-state index contributed by atoms with van der Waals surface area (Å²) in [6.45, 7) is 8.13. The number of fused-ring (bicyclic) bond motifs is 6. The number of benzene rings is 2. The van der Waals surface area contributed by atoms with E-state index >= 15 is 4.39 Å².